The zero-order valence-electron chi connectivity index (χ0n) is 16.7. The number of amides is 1. The van der Waals surface area contributed by atoms with Crippen molar-refractivity contribution in [3.63, 3.8) is 0 Å². The van der Waals surface area contributed by atoms with E-state index < -0.39 is 5.60 Å². The van der Waals surface area contributed by atoms with Gasteiger partial charge in [0.25, 0.3) is 0 Å². The molecule has 0 bridgehead atoms. The first-order chi connectivity index (χ1) is 12.3. The van der Waals surface area contributed by atoms with Crippen molar-refractivity contribution in [2.75, 3.05) is 18.8 Å². The van der Waals surface area contributed by atoms with E-state index in [0.717, 1.165) is 36.0 Å². The number of carbonyl (C=O) groups is 1. The van der Waals surface area contributed by atoms with Gasteiger partial charge in [-0.3, -0.25) is 0 Å². The van der Waals surface area contributed by atoms with Gasteiger partial charge in [0.05, 0.1) is 11.4 Å². The van der Waals surface area contributed by atoms with Gasteiger partial charge in [-0.2, -0.15) is 0 Å². The summed E-state index contributed by atoms with van der Waals surface area (Å²) in [4.78, 5) is 22.6. The number of fused-ring (bicyclic) bond motifs is 1. The predicted octanol–water partition coefficient (Wildman–Crippen LogP) is 3.92. The van der Waals surface area contributed by atoms with E-state index in [-0.39, 0.29) is 12.1 Å². The molecule has 1 amide bonds. The number of aryl methyl sites for hydroxylation is 1. The molecule has 26 heavy (non-hydrogen) atoms. The van der Waals surface area contributed by atoms with E-state index >= 15 is 0 Å². The summed E-state index contributed by atoms with van der Waals surface area (Å²) in [6.07, 6.45) is 5.21. The van der Waals surface area contributed by atoms with Crippen LogP contribution in [0.5, 0.6) is 0 Å². The highest BCUT2D eigenvalue weighted by molar-refractivity contribution is 5.89. The third kappa shape index (κ3) is 4.26. The molecule has 7 nitrogen and oxygen atoms in total. The maximum atomic E-state index is 12.4. The summed E-state index contributed by atoms with van der Waals surface area (Å²) in [5.74, 6) is 0.496. The van der Waals surface area contributed by atoms with E-state index in [0.29, 0.717) is 12.4 Å². The Hall–Kier alpha value is -2.31. The Morgan fingerprint density at radius 1 is 1.31 bits per heavy atom. The zero-order chi connectivity index (χ0) is 19.5. The van der Waals surface area contributed by atoms with Crippen molar-refractivity contribution < 1.29 is 9.53 Å². The molecule has 3 heterocycles. The van der Waals surface area contributed by atoms with Crippen LogP contribution in [0.25, 0.3) is 11.0 Å². The molecule has 1 aliphatic rings. The molecule has 2 aromatic rings. The Bertz CT molecular complexity index is 763. The normalized spacial score (nSPS) is 17.6. The first-order valence-electron chi connectivity index (χ1n) is 9.32. The first kappa shape index (κ1) is 20.0. The highest BCUT2D eigenvalue weighted by Gasteiger charge is 2.29. The third-order valence-electron chi connectivity index (χ3n) is 4.27. The average Bonchev–Trinajstić information content (AvgIpc) is 2.93. The van der Waals surface area contributed by atoms with Crippen LogP contribution in [0.1, 0.15) is 59.1 Å². The van der Waals surface area contributed by atoms with Gasteiger partial charge in [0, 0.05) is 19.3 Å². The Morgan fingerprint density at radius 2 is 2.00 bits per heavy atom. The van der Waals surface area contributed by atoms with Gasteiger partial charge in [0.2, 0.25) is 0 Å². The quantitative estimate of drug-likeness (QED) is 0.832. The Balaban J connectivity index is 0.00000117. The van der Waals surface area contributed by atoms with Crippen LogP contribution in [0, 0.1) is 6.92 Å². The van der Waals surface area contributed by atoms with Gasteiger partial charge in [0.15, 0.2) is 0 Å². The summed E-state index contributed by atoms with van der Waals surface area (Å²) in [6.45, 7) is 13.0. The number of anilines is 1. The number of hydrogen-bond donors (Lipinski definition) is 1. The summed E-state index contributed by atoms with van der Waals surface area (Å²) < 4.78 is 7.63. The van der Waals surface area contributed by atoms with E-state index in [9.17, 15) is 4.79 Å². The van der Waals surface area contributed by atoms with E-state index in [1.165, 1.54) is 6.33 Å². The minimum atomic E-state index is -0.484. The second-order valence-electron chi connectivity index (χ2n) is 7.40. The van der Waals surface area contributed by atoms with Crippen molar-refractivity contribution in [1.82, 2.24) is 19.4 Å². The van der Waals surface area contributed by atoms with Crippen LogP contribution in [0.2, 0.25) is 0 Å². The van der Waals surface area contributed by atoms with Crippen molar-refractivity contribution in [3.05, 3.63) is 18.1 Å². The Kier molecular flexibility index (Phi) is 6.10. The van der Waals surface area contributed by atoms with Crippen LogP contribution >= 0.6 is 0 Å². The molecule has 144 valence electrons. The average molecular weight is 361 g/mol. The van der Waals surface area contributed by atoms with Gasteiger partial charge in [-0.05, 0) is 46.1 Å². The lowest BCUT2D eigenvalue weighted by Crippen LogP contribution is -2.43. The van der Waals surface area contributed by atoms with Crippen LogP contribution < -0.4 is 5.73 Å². The molecule has 1 fully saturated rings. The number of rotatable bonds is 1. The van der Waals surface area contributed by atoms with Crippen molar-refractivity contribution >= 4 is 22.9 Å². The molecule has 1 saturated heterocycles. The topological polar surface area (TPSA) is 86.3 Å². The molecule has 0 radical (unpaired) electrons. The smallest absolute Gasteiger partial charge is 0.410 e. The van der Waals surface area contributed by atoms with Crippen LogP contribution in [-0.2, 0) is 4.74 Å². The van der Waals surface area contributed by atoms with Crippen LogP contribution in [-0.4, -0.2) is 44.2 Å². The van der Waals surface area contributed by atoms with E-state index in [1.54, 1.807) is 4.90 Å². The summed E-state index contributed by atoms with van der Waals surface area (Å²) >= 11 is 0. The lowest BCUT2D eigenvalue weighted by Gasteiger charge is -2.34. The lowest BCUT2D eigenvalue weighted by atomic mass is 10.1. The number of nitrogen functional groups attached to an aromatic ring is 1. The van der Waals surface area contributed by atoms with Crippen LogP contribution in [0.4, 0.5) is 10.6 Å². The highest BCUT2D eigenvalue weighted by atomic mass is 16.6. The Morgan fingerprint density at radius 3 is 2.65 bits per heavy atom. The van der Waals surface area contributed by atoms with Gasteiger partial charge in [-0.15, -0.1) is 0 Å². The largest absolute Gasteiger partial charge is 0.444 e. The Labute approximate surface area is 155 Å². The zero-order valence-corrected chi connectivity index (χ0v) is 16.7. The number of piperidine rings is 1. The number of carbonyl (C=O) groups excluding carboxylic acids is 1. The number of aromatic nitrogens is 3. The fourth-order valence-corrected chi connectivity index (χ4v) is 3.25. The van der Waals surface area contributed by atoms with Crippen molar-refractivity contribution in [1.29, 1.82) is 0 Å². The molecule has 2 N–H and O–H groups in total. The predicted molar refractivity (Wildman–Crippen MR) is 104 cm³/mol. The van der Waals surface area contributed by atoms with Crippen molar-refractivity contribution in [2.24, 2.45) is 0 Å². The molecule has 3 rings (SSSR count). The van der Waals surface area contributed by atoms with E-state index in [4.69, 9.17) is 10.5 Å². The van der Waals surface area contributed by atoms with E-state index in [1.807, 2.05) is 41.5 Å². The minimum absolute atomic E-state index is 0.164. The summed E-state index contributed by atoms with van der Waals surface area (Å²) in [5, 5.41) is 0.895. The maximum absolute atomic E-state index is 12.4. The second kappa shape index (κ2) is 7.93. The molecule has 2 aromatic heterocycles. The monoisotopic (exact) mass is 361 g/mol. The van der Waals surface area contributed by atoms with Gasteiger partial charge in [0.1, 0.15) is 23.4 Å². The van der Waals surface area contributed by atoms with E-state index in [2.05, 4.69) is 20.7 Å². The molecule has 7 heteroatoms. The molecule has 0 saturated carbocycles. The molecule has 1 atom stereocenters. The SMILES string of the molecule is CC.Cc1cn(C2CCCN(C(=O)OC(C)(C)C)C2)c2ncnc(N)c12. The molecule has 0 aromatic carbocycles. The number of nitrogens with two attached hydrogens (primary N) is 1. The van der Waals surface area contributed by atoms with Crippen LogP contribution in [0.15, 0.2) is 12.5 Å². The second-order valence-corrected chi connectivity index (χ2v) is 7.40. The van der Waals surface area contributed by atoms with Gasteiger partial charge < -0.3 is 19.9 Å². The summed E-state index contributed by atoms with van der Waals surface area (Å²) in [7, 11) is 0. The molecular weight excluding hydrogens is 330 g/mol. The molecule has 1 unspecified atom stereocenters. The maximum Gasteiger partial charge on any atom is 0.410 e. The molecule has 0 aliphatic carbocycles. The summed E-state index contributed by atoms with van der Waals surface area (Å²) in [5.41, 5.74) is 7.40. The van der Waals surface area contributed by atoms with Gasteiger partial charge in [-0.25, -0.2) is 14.8 Å². The lowest BCUT2D eigenvalue weighted by molar-refractivity contribution is 0.0174. The number of likely N-dealkylation sites (tertiary alicyclic amines) is 1. The summed E-state index contributed by atoms with van der Waals surface area (Å²) in [6, 6.07) is 0.164. The number of nitrogens with zero attached hydrogens (tertiary/aromatic N) is 4. The molecular formula is C19H31N5O2. The fourth-order valence-electron chi connectivity index (χ4n) is 3.25. The number of ether oxygens (including phenoxy) is 1. The van der Waals surface area contributed by atoms with Crippen molar-refractivity contribution in [2.45, 2.75) is 66.0 Å². The van der Waals surface area contributed by atoms with Crippen molar-refractivity contribution in [3.8, 4) is 0 Å². The number of hydrogen-bond acceptors (Lipinski definition) is 5. The fraction of sp³-hybridized carbons (Fsp3) is 0.632. The molecule has 1 aliphatic heterocycles. The highest BCUT2D eigenvalue weighted by Crippen LogP contribution is 2.30. The first-order valence-corrected chi connectivity index (χ1v) is 9.32. The van der Waals surface area contributed by atoms with Gasteiger partial charge in [-0.1, -0.05) is 13.8 Å². The third-order valence-corrected chi connectivity index (χ3v) is 4.27. The molecule has 0 spiro atoms. The van der Waals surface area contributed by atoms with Crippen LogP contribution in [0.3, 0.4) is 0 Å². The van der Waals surface area contributed by atoms with Gasteiger partial charge >= 0.3 is 6.09 Å². The standard InChI is InChI=1S/C17H25N5O2.C2H6/c1-11-8-22(15-13(11)14(18)19-10-20-15)12-6-5-7-21(9-12)16(23)24-17(2,3)4;1-2/h8,10,12H,5-7,9H2,1-4H3,(H2,18,19,20);1-2H3. The minimum Gasteiger partial charge on any atom is -0.444 e.